The van der Waals surface area contributed by atoms with Crippen molar-refractivity contribution in [3.8, 4) is 17.2 Å². The van der Waals surface area contributed by atoms with Crippen LogP contribution in [0.4, 0.5) is 0 Å². The molecule has 2 atom stereocenters. The highest BCUT2D eigenvalue weighted by Gasteiger charge is 2.53. The molecule has 0 aromatic heterocycles. The third-order valence-electron chi connectivity index (χ3n) is 7.97. The Hall–Kier alpha value is -5.06. The lowest BCUT2D eigenvalue weighted by atomic mass is 9.68. The molecule has 0 saturated heterocycles. The number of allylic oxidation sites excluding steroid dienone is 2. The highest BCUT2D eigenvalue weighted by atomic mass is 16.5. The van der Waals surface area contributed by atoms with Gasteiger partial charge >= 0.3 is 0 Å². The third kappa shape index (κ3) is 3.19. The van der Waals surface area contributed by atoms with Gasteiger partial charge in [0.25, 0.3) is 0 Å². The Kier molecular flexibility index (Phi) is 5.41. The van der Waals surface area contributed by atoms with Gasteiger partial charge in [-0.2, -0.15) is 0 Å². The Morgan fingerprint density at radius 3 is 2.10 bits per heavy atom. The lowest BCUT2D eigenvalue weighted by molar-refractivity contribution is -0.0677. The molecule has 0 amide bonds. The summed E-state index contributed by atoms with van der Waals surface area (Å²) in [5.74, 6) is -5.66. The fourth-order valence-corrected chi connectivity index (χ4v) is 6.14. The number of carbonyl (C=O) groups is 4. The largest absolute Gasteiger partial charge is 0.509 e. The van der Waals surface area contributed by atoms with Crippen LogP contribution in [-0.2, 0) is 10.3 Å². The van der Waals surface area contributed by atoms with Gasteiger partial charge in [0.05, 0.1) is 22.3 Å². The molecule has 0 radical (unpaired) electrons. The molecule has 3 aromatic carbocycles. The van der Waals surface area contributed by atoms with Gasteiger partial charge in [0.2, 0.25) is 5.78 Å². The Labute approximate surface area is 232 Å². The van der Waals surface area contributed by atoms with E-state index in [2.05, 4.69) is 0 Å². The van der Waals surface area contributed by atoms with Crippen LogP contribution in [0.25, 0.3) is 0 Å². The third-order valence-corrected chi connectivity index (χ3v) is 7.97. The van der Waals surface area contributed by atoms with Crippen molar-refractivity contribution in [1.82, 2.24) is 0 Å². The molecule has 0 saturated carbocycles. The predicted molar refractivity (Wildman–Crippen MR) is 142 cm³/mol. The molecule has 0 fully saturated rings. The van der Waals surface area contributed by atoms with Crippen molar-refractivity contribution in [2.75, 3.05) is 7.11 Å². The highest BCUT2D eigenvalue weighted by Crippen LogP contribution is 2.49. The lowest BCUT2D eigenvalue weighted by Gasteiger charge is -2.41. The zero-order valence-corrected chi connectivity index (χ0v) is 21.9. The van der Waals surface area contributed by atoms with Crippen molar-refractivity contribution in [3.05, 3.63) is 109 Å². The first kappa shape index (κ1) is 26.2. The number of aromatic hydroxyl groups is 3. The zero-order chi connectivity index (χ0) is 29.7. The first-order chi connectivity index (χ1) is 19.3. The number of aliphatic hydroxyl groups is 2. The fourth-order valence-electron chi connectivity index (χ4n) is 6.14. The molecule has 0 spiro atoms. The van der Waals surface area contributed by atoms with Crippen LogP contribution in [0, 0.1) is 13.8 Å². The molecule has 6 rings (SSSR count). The van der Waals surface area contributed by atoms with E-state index in [9.17, 15) is 44.7 Å². The second-order valence-electron chi connectivity index (χ2n) is 10.3. The summed E-state index contributed by atoms with van der Waals surface area (Å²) in [6.45, 7) is 2.97. The summed E-state index contributed by atoms with van der Waals surface area (Å²) in [4.78, 5) is 54.5. The smallest absolute Gasteiger partial charge is 0.201 e. The summed E-state index contributed by atoms with van der Waals surface area (Å²) in [6.07, 6.45) is -0.768. The number of ketones is 4. The van der Waals surface area contributed by atoms with Gasteiger partial charge in [-0.15, -0.1) is 0 Å². The number of ether oxygens (including phenoxy) is 1. The van der Waals surface area contributed by atoms with Crippen molar-refractivity contribution < 1.29 is 49.4 Å². The van der Waals surface area contributed by atoms with Gasteiger partial charge in [-0.3, -0.25) is 19.2 Å². The van der Waals surface area contributed by atoms with Crippen LogP contribution < -0.4 is 0 Å². The molecule has 3 aliphatic carbocycles. The normalized spacial score (nSPS) is 21.3. The number of hydrogen-bond donors (Lipinski definition) is 5. The van der Waals surface area contributed by atoms with E-state index in [0.717, 1.165) is 19.3 Å². The Balaban J connectivity index is 1.68. The van der Waals surface area contributed by atoms with Crippen LogP contribution in [0.15, 0.2) is 59.4 Å². The number of Topliss-reactive ketones (excluding diaryl/α,β-unsaturated/α-hetero) is 2. The summed E-state index contributed by atoms with van der Waals surface area (Å²) in [5, 5.41) is 55.4. The van der Waals surface area contributed by atoms with Crippen LogP contribution >= 0.6 is 0 Å². The van der Waals surface area contributed by atoms with Crippen LogP contribution in [0.2, 0.25) is 0 Å². The molecule has 5 N–H and O–H groups in total. The van der Waals surface area contributed by atoms with E-state index in [1.165, 1.54) is 44.2 Å². The monoisotopic (exact) mass is 554 g/mol. The second-order valence-corrected chi connectivity index (χ2v) is 10.3. The number of phenolic OH excluding ortho intramolecular Hbond substituents is 3. The Bertz CT molecular complexity index is 1880. The fraction of sp³-hybridized carbons (Fsp3) is 0.161. The van der Waals surface area contributed by atoms with Gasteiger partial charge in [0, 0.05) is 34.9 Å². The topological polar surface area (TPSA) is 179 Å². The summed E-state index contributed by atoms with van der Waals surface area (Å²) in [6, 6.07) is 7.80. The second kappa shape index (κ2) is 8.47. The van der Waals surface area contributed by atoms with E-state index in [0.29, 0.717) is 5.56 Å². The van der Waals surface area contributed by atoms with Gasteiger partial charge in [-0.25, -0.2) is 0 Å². The zero-order valence-electron chi connectivity index (χ0n) is 21.9. The van der Waals surface area contributed by atoms with Crippen molar-refractivity contribution in [2.24, 2.45) is 0 Å². The van der Waals surface area contributed by atoms with Gasteiger partial charge < -0.3 is 30.3 Å². The number of benzene rings is 3. The van der Waals surface area contributed by atoms with Crippen LogP contribution in [-0.4, -0.2) is 61.9 Å². The molecule has 0 bridgehead atoms. The lowest BCUT2D eigenvalue weighted by Crippen LogP contribution is -2.47. The maximum atomic E-state index is 13.9. The molecule has 0 aliphatic heterocycles. The number of aryl methyl sites for hydroxylation is 2. The summed E-state index contributed by atoms with van der Waals surface area (Å²) in [7, 11) is 1.13. The minimum absolute atomic E-state index is 0.0947. The van der Waals surface area contributed by atoms with Crippen molar-refractivity contribution in [1.29, 1.82) is 0 Å². The number of rotatable bonds is 2. The maximum absolute atomic E-state index is 13.9. The summed E-state index contributed by atoms with van der Waals surface area (Å²) in [5.41, 5.74) is -5.14. The number of hydrogen-bond acceptors (Lipinski definition) is 10. The van der Waals surface area contributed by atoms with Crippen molar-refractivity contribution in [2.45, 2.75) is 25.6 Å². The number of aliphatic hydroxyl groups excluding tert-OH is 1. The van der Waals surface area contributed by atoms with Crippen LogP contribution in [0.3, 0.4) is 0 Å². The molecule has 0 heterocycles. The van der Waals surface area contributed by atoms with Gasteiger partial charge in [-0.1, -0.05) is 18.2 Å². The molecular weight excluding hydrogens is 532 g/mol. The van der Waals surface area contributed by atoms with E-state index in [1.807, 2.05) is 0 Å². The quantitative estimate of drug-likeness (QED) is 0.247. The summed E-state index contributed by atoms with van der Waals surface area (Å²) >= 11 is 0. The minimum Gasteiger partial charge on any atom is -0.509 e. The van der Waals surface area contributed by atoms with Gasteiger partial charge in [0.15, 0.2) is 23.5 Å². The van der Waals surface area contributed by atoms with Crippen molar-refractivity contribution in [3.63, 3.8) is 0 Å². The van der Waals surface area contributed by atoms with E-state index in [1.54, 1.807) is 0 Å². The highest BCUT2D eigenvalue weighted by molar-refractivity contribution is 6.33. The first-order valence-electron chi connectivity index (χ1n) is 12.5. The van der Waals surface area contributed by atoms with Gasteiger partial charge in [-0.05, 0) is 49.2 Å². The molecule has 10 nitrogen and oxygen atoms in total. The van der Waals surface area contributed by atoms with E-state index < -0.39 is 80.1 Å². The predicted octanol–water partition coefficient (Wildman–Crippen LogP) is 3.23. The SMILES string of the molecule is COC1C(O)=C2C(=O)c3ccc(C)c(O)c3C(=O)C2=CC1(O)c1c(C)cc(O)c2c1C(=O)c1cccc(O)c1C2=O. The standard InChI is InChI=1S/C31H22O10/c1-11-7-8-14-19(24(11)34)27(37)15-10-31(40,30(41-3)29(39)20(15)25(14)35)23-12(2)9-17(33)21-22(23)26(36)13-5-4-6-16(32)18(13)28(21)38/h4-10,30,32-34,39-40H,1-3H3. The number of fused-ring (bicyclic) bond motifs is 4. The molecular formula is C31H22O10. The molecule has 2 unspecified atom stereocenters. The van der Waals surface area contributed by atoms with Gasteiger partial charge in [0.1, 0.15) is 28.6 Å². The van der Waals surface area contributed by atoms with Crippen LogP contribution in [0.1, 0.15) is 69.2 Å². The average molecular weight is 555 g/mol. The molecule has 3 aromatic rings. The Morgan fingerprint density at radius 1 is 0.732 bits per heavy atom. The number of carbonyl (C=O) groups excluding carboxylic acids is 4. The maximum Gasteiger partial charge on any atom is 0.201 e. The Morgan fingerprint density at radius 2 is 1.41 bits per heavy atom. The minimum atomic E-state index is -2.53. The van der Waals surface area contributed by atoms with Crippen LogP contribution in [0.5, 0.6) is 17.2 Å². The first-order valence-corrected chi connectivity index (χ1v) is 12.5. The van der Waals surface area contributed by atoms with E-state index in [4.69, 9.17) is 4.74 Å². The molecule has 41 heavy (non-hydrogen) atoms. The number of methoxy groups -OCH3 is 1. The molecule has 206 valence electrons. The van der Waals surface area contributed by atoms with E-state index in [-0.39, 0.29) is 33.4 Å². The number of phenols is 3. The summed E-state index contributed by atoms with van der Waals surface area (Å²) < 4.78 is 5.45. The molecule has 10 heteroatoms. The average Bonchev–Trinajstić information content (AvgIpc) is 2.91. The molecule has 3 aliphatic rings. The van der Waals surface area contributed by atoms with E-state index >= 15 is 0 Å². The van der Waals surface area contributed by atoms with Crippen molar-refractivity contribution >= 4 is 23.1 Å².